The van der Waals surface area contributed by atoms with E-state index in [4.69, 9.17) is 10.3 Å². The molecular weight excluding hydrogens is 302 g/mol. The van der Waals surface area contributed by atoms with Crippen LogP contribution in [0, 0.1) is 0 Å². The van der Waals surface area contributed by atoms with Gasteiger partial charge in [0.05, 0.1) is 10.8 Å². The first-order valence-corrected chi connectivity index (χ1v) is 7.12. The van der Waals surface area contributed by atoms with Gasteiger partial charge in [0.15, 0.2) is 0 Å². The lowest BCUT2D eigenvalue weighted by Crippen LogP contribution is -2.25. The normalized spacial score (nSPS) is 14.8. The molecule has 0 fully saturated rings. The second kappa shape index (κ2) is 5.29. The van der Waals surface area contributed by atoms with Crippen molar-refractivity contribution in [2.45, 2.75) is 32.2 Å². The summed E-state index contributed by atoms with van der Waals surface area (Å²) in [5.74, 6) is 1.33. The van der Waals surface area contributed by atoms with Crippen LogP contribution in [-0.4, -0.2) is 16.2 Å². The summed E-state index contributed by atoms with van der Waals surface area (Å²) in [6.07, 6.45) is 0.892. The largest absolute Gasteiger partial charge is 0.339 e. The van der Waals surface area contributed by atoms with Crippen molar-refractivity contribution >= 4 is 27.3 Å². The summed E-state index contributed by atoms with van der Waals surface area (Å²) < 4.78 is 6.29. The van der Waals surface area contributed by atoms with E-state index in [1.807, 2.05) is 18.4 Å². The highest BCUT2D eigenvalue weighted by Gasteiger charge is 2.20. The van der Waals surface area contributed by atoms with Gasteiger partial charge in [-0.15, -0.1) is 11.3 Å². The molecule has 92 valence electrons. The van der Waals surface area contributed by atoms with Crippen molar-refractivity contribution in [2.75, 3.05) is 0 Å². The Hall–Kier alpha value is -0.720. The number of thiophene rings is 1. The zero-order chi connectivity index (χ0) is 12.4. The van der Waals surface area contributed by atoms with Gasteiger partial charge in [-0.2, -0.15) is 4.98 Å². The van der Waals surface area contributed by atoms with Crippen LogP contribution in [0.3, 0.4) is 0 Å². The predicted molar refractivity (Wildman–Crippen MR) is 72.0 cm³/mol. The first-order chi connectivity index (χ1) is 8.11. The van der Waals surface area contributed by atoms with Crippen molar-refractivity contribution in [1.82, 2.24) is 10.1 Å². The fourth-order valence-electron chi connectivity index (χ4n) is 1.49. The van der Waals surface area contributed by atoms with Gasteiger partial charge in [0.2, 0.25) is 11.7 Å². The fraction of sp³-hybridized carbons (Fsp3) is 0.455. The topological polar surface area (TPSA) is 64.9 Å². The molecule has 2 aromatic heterocycles. The number of nitrogens with two attached hydrogens (primary N) is 1. The number of hydrogen-bond donors (Lipinski definition) is 1. The summed E-state index contributed by atoms with van der Waals surface area (Å²) in [6, 6.07) is 2.03. The summed E-state index contributed by atoms with van der Waals surface area (Å²) in [7, 11) is 0. The molecule has 2 atom stereocenters. The van der Waals surface area contributed by atoms with E-state index in [0.29, 0.717) is 11.7 Å². The molecule has 0 amide bonds. The second-order valence-electron chi connectivity index (χ2n) is 3.95. The minimum absolute atomic E-state index is 0.0540. The molecule has 17 heavy (non-hydrogen) atoms. The maximum Gasteiger partial charge on any atom is 0.231 e. The molecular formula is C11H14BrN3OS. The van der Waals surface area contributed by atoms with Gasteiger partial charge in [0, 0.05) is 15.9 Å². The lowest BCUT2D eigenvalue weighted by molar-refractivity contribution is 0.340. The van der Waals surface area contributed by atoms with Crippen LogP contribution >= 0.6 is 27.3 Å². The monoisotopic (exact) mass is 315 g/mol. The van der Waals surface area contributed by atoms with Crippen molar-refractivity contribution in [3.05, 3.63) is 21.8 Å². The Morgan fingerprint density at radius 2 is 2.35 bits per heavy atom. The molecule has 4 nitrogen and oxygen atoms in total. The number of halogens is 1. The smallest absolute Gasteiger partial charge is 0.231 e. The summed E-state index contributed by atoms with van der Waals surface area (Å²) in [5.41, 5.74) is 5.97. The SMILES string of the molecule is CCC(N)C(C)c1nc(-c2cc(Br)cs2)no1. The highest BCUT2D eigenvalue weighted by Crippen LogP contribution is 2.29. The van der Waals surface area contributed by atoms with Crippen molar-refractivity contribution in [3.63, 3.8) is 0 Å². The summed E-state index contributed by atoms with van der Waals surface area (Å²) in [6.45, 7) is 4.06. The van der Waals surface area contributed by atoms with Crippen molar-refractivity contribution < 1.29 is 4.52 Å². The molecule has 0 aliphatic heterocycles. The molecule has 0 aliphatic carbocycles. The Bertz CT molecular complexity index is 496. The third-order valence-electron chi connectivity index (χ3n) is 2.73. The molecule has 2 rings (SSSR count). The molecule has 2 unspecified atom stereocenters. The lowest BCUT2D eigenvalue weighted by Gasteiger charge is -2.13. The zero-order valence-electron chi connectivity index (χ0n) is 9.68. The molecule has 2 N–H and O–H groups in total. The van der Waals surface area contributed by atoms with E-state index in [0.717, 1.165) is 15.8 Å². The van der Waals surface area contributed by atoms with Gasteiger partial charge in [-0.1, -0.05) is 19.0 Å². The first kappa shape index (κ1) is 12.7. The molecule has 6 heteroatoms. The molecule has 2 aromatic rings. The quantitative estimate of drug-likeness (QED) is 0.939. The molecule has 0 saturated carbocycles. The lowest BCUT2D eigenvalue weighted by atomic mass is 10.0. The van der Waals surface area contributed by atoms with Crippen molar-refractivity contribution in [2.24, 2.45) is 5.73 Å². The van der Waals surface area contributed by atoms with Crippen molar-refractivity contribution in [1.29, 1.82) is 0 Å². The molecule has 0 spiro atoms. The van der Waals surface area contributed by atoms with E-state index in [1.165, 1.54) is 0 Å². The van der Waals surface area contributed by atoms with Crippen LogP contribution < -0.4 is 5.73 Å². The number of nitrogens with zero attached hydrogens (tertiary/aromatic N) is 2. The molecule has 0 radical (unpaired) electrons. The highest BCUT2D eigenvalue weighted by atomic mass is 79.9. The molecule has 0 saturated heterocycles. The predicted octanol–water partition coefficient (Wildman–Crippen LogP) is 3.40. The van der Waals surface area contributed by atoms with E-state index in [1.54, 1.807) is 11.3 Å². The number of hydrogen-bond acceptors (Lipinski definition) is 5. The van der Waals surface area contributed by atoms with Gasteiger partial charge in [0.1, 0.15) is 0 Å². The second-order valence-corrected chi connectivity index (χ2v) is 5.77. The van der Waals surface area contributed by atoms with Crippen LogP contribution in [0.25, 0.3) is 10.7 Å². The maximum absolute atomic E-state index is 5.97. The molecule has 0 bridgehead atoms. The van der Waals surface area contributed by atoms with Gasteiger partial charge < -0.3 is 10.3 Å². The van der Waals surface area contributed by atoms with E-state index < -0.39 is 0 Å². The van der Waals surface area contributed by atoms with Gasteiger partial charge in [-0.3, -0.25) is 0 Å². The Balaban J connectivity index is 2.21. The number of rotatable bonds is 4. The van der Waals surface area contributed by atoms with Gasteiger partial charge >= 0.3 is 0 Å². The Kier molecular flexibility index (Phi) is 3.96. The summed E-state index contributed by atoms with van der Waals surface area (Å²) >= 11 is 4.98. The van der Waals surface area contributed by atoms with Crippen LogP contribution in [0.5, 0.6) is 0 Å². The minimum Gasteiger partial charge on any atom is -0.339 e. The fourth-order valence-corrected chi connectivity index (χ4v) is 2.84. The first-order valence-electron chi connectivity index (χ1n) is 5.45. The summed E-state index contributed by atoms with van der Waals surface area (Å²) in [4.78, 5) is 5.38. The van der Waals surface area contributed by atoms with Crippen molar-refractivity contribution in [3.8, 4) is 10.7 Å². The van der Waals surface area contributed by atoms with Gasteiger partial charge in [-0.05, 0) is 28.4 Å². The van der Waals surface area contributed by atoms with Crippen LogP contribution in [-0.2, 0) is 0 Å². The zero-order valence-corrected chi connectivity index (χ0v) is 12.1. The third-order valence-corrected chi connectivity index (χ3v) is 4.42. The maximum atomic E-state index is 5.97. The third kappa shape index (κ3) is 2.75. The standard InChI is InChI=1S/C11H14BrN3OS/c1-3-8(13)6(2)11-14-10(15-16-11)9-4-7(12)5-17-9/h4-6,8H,3,13H2,1-2H3. The van der Waals surface area contributed by atoms with E-state index >= 15 is 0 Å². The van der Waals surface area contributed by atoms with E-state index in [2.05, 4.69) is 33.0 Å². The highest BCUT2D eigenvalue weighted by molar-refractivity contribution is 9.10. The van der Waals surface area contributed by atoms with Crippen LogP contribution in [0.1, 0.15) is 32.1 Å². The van der Waals surface area contributed by atoms with Gasteiger partial charge in [-0.25, -0.2) is 0 Å². The van der Waals surface area contributed by atoms with E-state index in [9.17, 15) is 0 Å². The van der Waals surface area contributed by atoms with Gasteiger partial charge in [0.25, 0.3) is 0 Å². The van der Waals surface area contributed by atoms with E-state index in [-0.39, 0.29) is 12.0 Å². The Morgan fingerprint density at radius 1 is 1.59 bits per heavy atom. The van der Waals surface area contributed by atoms with Crippen LogP contribution in [0.15, 0.2) is 20.4 Å². The average Bonchev–Trinajstić information content (AvgIpc) is 2.95. The Labute approximate surface area is 112 Å². The molecule has 0 aromatic carbocycles. The molecule has 2 heterocycles. The molecule has 0 aliphatic rings. The number of aromatic nitrogens is 2. The van der Waals surface area contributed by atoms with Crippen LogP contribution in [0.4, 0.5) is 0 Å². The Morgan fingerprint density at radius 3 is 2.94 bits per heavy atom. The minimum atomic E-state index is 0.0540. The van der Waals surface area contributed by atoms with Crippen LogP contribution in [0.2, 0.25) is 0 Å². The average molecular weight is 316 g/mol. The summed E-state index contributed by atoms with van der Waals surface area (Å²) in [5, 5.41) is 5.98.